The minimum absolute atomic E-state index is 0.0275. The Balaban J connectivity index is 1.52. The van der Waals surface area contributed by atoms with Crippen LogP contribution in [-0.2, 0) is 4.74 Å². The highest BCUT2D eigenvalue weighted by atomic mass is 35.5. The highest BCUT2D eigenvalue weighted by molar-refractivity contribution is 6.43. The molecule has 0 saturated carbocycles. The lowest BCUT2D eigenvalue weighted by Crippen LogP contribution is -2.50. The zero-order valence-electron chi connectivity index (χ0n) is 16.6. The van der Waals surface area contributed by atoms with Gasteiger partial charge in [-0.25, -0.2) is 14.5 Å². The van der Waals surface area contributed by atoms with Gasteiger partial charge in [0.15, 0.2) is 17.3 Å². The van der Waals surface area contributed by atoms with Crippen LogP contribution in [0.2, 0.25) is 10.0 Å². The fourth-order valence-corrected chi connectivity index (χ4v) is 5.06. The molecule has 5 rings (SSSR count). The van der Waals surface area contributed by atoms with Gasteiger partial charge in [-0.2, -0.15) is 5.10 Å². The maximum absolute atomic E-state index is 6.45. The van der Waals surface area contributed by atoms with Crippen LogP contribution in [0.4, 0.5) is 11.6 Å². The Bertz CT molecular complexity index is 1110. The van der Waals surface area contributed by atoms with Gasteiger partial charge < -0.3 is 21.1 Å². The Morgan fingerprint density at radius 3 is 2.70 bits per heavy atom. The van der Waals surface area contributed by atoms with E-state index in [9.17, 15) is 0 Å². The third-order valence-electron chi connectivity index (χ3n) is 6.54. The van der Waals surface area contributed by atoms with Crippen molar-refractivity contribution >= 4 is 40.5 Å². The molecular weight excluding hydrogens is 425 g/mol. The van der Waals surface area contributed by atoms with E-state index in [0.29, 0.717) is 45.2 Å². The van der Waals surface area contributed by atoms with E-state index in [1.807, 2.05) is 19.1 Å². The first-order chi connectivity index (χ1) is 14.4. The van der Waals surface area contributed by atoms with Gasteiger partial charge in [-0.05, 0) is 25.8 Å². The van der Waals surface area contributed by atoms with Gasteiger partial charge in [0.05, 0.1) is 22.8 Å². The first kappa shape index (κ1) is 19.8. The summed E-state index contributed by atoms with van der Waals surface area (Å²) in [6.07, 6.45) is 3.45. The monoisotopic (exact) mass is 447 g/mol. The van der Waals surface area contributed by atoms with Crippen molar-refractivity contribution in [2.75, 3.05) is 30.3 Å². The molecule has 0 bridgehead atoms. The summed E-state index contributed by atoms with van der Waals surface area (Å²) >= 11 is 12.6. The second-order valence-electron chi connectivity index (χ2n) is 8.16. The zero-order chi connectivity index (χ0) is 21.0. The summed E-state index contributed by atoms with van der Waals surface area (Å²) in [4.78, 5) is 11.4. The Morgan fingerprint density at radius 1 is 1.23 bits per heavy atom. The average molecular weight is 448 g/mol. The smallest absolute Gasteiger partial charge is 0.199 e. The minimum Gasteiger partial charge on any atom is -0.382 e. The van der Waals surface area contributed by atoms with Crippen LogP contribution in [0.25, 0.3) is 16.9 Å². The van der Waals surface area contributed by atoms with Gasteiger partial charge in [0.2, 0.25) is 0 Å². The van der Waals surface area contributed by atoms with Gasteiger partial charge in [0.1, 0.15) is 12.0 Å². The molecule has 8 nitrogen and oxygen atoms in total. The van der Waals surface area contributed by atoms with Crippen LogP contribution in [0.5, 0.6) is 0 Å². The number of ether oxygens (including phenoxy) is 1. The Hall–Kier alpha value is -2.13. The van der Waals surface area contributed by atoms with Crippen molar-refractivity contribution in [1.29, 1.82) is 0 Å². The van der Waals surface area contributed by atoms with Gasteiger partial charge in [-0.1, -0.05) is 35.3 Å². The molecule has 2 aliphatic rings. The average Bonchev–Trinajstić information content (AvgIpc) is 3.32. The third kappa shape index (κ3) is 2.93. The van der Waals surface area contributed by atoms with Crippen molar-refractivity contribution in [3.05, 3.63) is 34.6 Å². The lowest BCUT2D eigenvalue weighted by atomic mass is 9.73. The summed E-state index contributed by atoms with van der Waals surface area (Å²) in [6.45, 7) is 4.37. The number of nitrogens with two attached hydrogens (primary N) is 2. The van der Waals surface area contributed by atoms with Gasteiger partial charge in [0.25, 0.3) is 0 Å². The largest absolute Gasteiger partial charge is 0.382 e. The quantitative estimate of drug-likeness (QED) is 0.621. The molecule has 158 valence electrons. The molecule has 1 spiro atoms. The molecule has 2 fully saturated rings. The molecule has 3 aromatic rings. The molecule has 0 amide bonds. The van der Waals surface area contributed by atoms with Gasteiger partial charge in [-0.3, -0.25) is 0 Å². The van der Waals surface area contributed by atoms with Crippen molar-refractivity contribution in [3.63, 3.8) is 0 Å². The van der Waals surface area contributed by atoms with Crippen LogP contribution >= 0.6 is 23.2 Å². The number of nitrogen functional groups attached to an aromatic ring is 1. The molecule has 0 radical (unpaired) electrons. The summed E-state index contributed by atoms with van der Waals surface area (Å²) in [7, 11) is 0. The first-order valence-corrected chi connectivity index (χ1v) is 10.7. The Labute approximate surface area is 184 Å². The Kier molecular flexibility index (Phi) is 4.77. The molecule has 2 atom stereocenters. The van der Waals surface area contributed by atoms with Crippen LogP contribution < -0.4 is 16.4 Å². The maximum atomic E-state index is 6.45. The van der Waals surface area contributed by atoms with Gasteiger partial charge in [0, 0.05) is 30.1 Å². The number of halogens is 2. The molecule has 2 saturated heterocycles. The molecule has 0 unspecified atom stereocenters. The summed E-state index contributed by atoms with van der Waals surface area (Å²) in [5, 5.41) is 5.24. The van der Waals surface area contributed by atoms with Crippen molar-refractivity contribution in [2.24, 2.45) is 11.1 Å². The molecule has 2 aliphatic heterocycles. The normalized spacial score (nSPS) is 23.5. The van der Waals surface area contributed by atoms with Crippen molar-refractivity contribution in [2.45, 2.75) is 31.9 Å². The molecule has 1 aromatic carbocycles. The summed E-state index contributed by atoms with van der Waals surface area (Å²) < 4.78 is 7.52. The number of benzene rings is 1. The lowest BCUT2D eigenvalue weighted by molar-refractivity contribution is 0.0974. The predicted molar refractivity (Wildman–Crippen MR) is 118 cm³/mol. The summed E-state index contributed by atoms with van der Waals surface area (Å²) in [6, 6.07) is 5.44. The van der Waals surface area contributed by atoms with Crippen LogP contribution in [0, 0.1) is 5.41 Å². The fourth-order valence-electron chi connectivity index (χ4n) is 4.67. The standard InChI is InChI=1S/C20H23Cl2N7O/c1-11-16(23)20(9-30-11)5-7-28(8-6-20)19-18-25-10-26-29(18)15(17(24)27-19)12-3-2-4-13(21)14(12)22/h2-4,10-11,16H,5-9,23-24H2,1H3/t11-,16+/m0/s1. The fraction of sp³-hybridized carbons (Fsp3) is 0.450. The van der Waals surface area contributed by atoms with Crippen LogP contribution in [0.3, 0.4) is 0 Å². The highest BCUT2D eigenvalue weighted by Crippen LogP contribution is 2.43. The summed E-state index contributed by atoms with van der Waals surface area (Å²) in [5.74, 6) is 1.03. The highest BCUT2D eigenvalue weighted by Gasteiger charge is 2.47. The van der Waals surface area contributed by atoms with Crippen LogP contribution in [-0.4, -0.2) is 51.4 Å². The summed E-state index contributed by atoms with van der Waals surface area (Å²) in [5.41, 5.74) is 14.7. The van der Waals surface area contributed by atoms with Gasteiger partial charge >= 0.3 is 0 Å². The maximum Gasteiger partial charge on any atom is 0.199 e. The lowest BCUT2D eigenvalue weighted by Gasteiger charge is -2.41. The minimum atomic E-state index is 0.0275. The van der Waals surface area contributed by atoms with Crippen molar-refractivity contribution in [3.8, 4) is 11.3 Å². The number of hydrogen-bond acceptors (Lipinski definition) is 7. The number of piperidine rings is 1. The number of fused-ring (bicyclic) bond motifs is 1. The SMILES string of the molecule is C[C@@H]1OCC2(CCN(c3nc(N)c(-c4cccc(Cl)c4Cl)n4ncnc34)CC2)[C@@H]1N. The number of rotatable bonds is 2. The molecule has 4 heterocycles. The van der Waals surface area contributed by atoms with Crippen LogP contribution in [0.1, 0.15) is 19.8 Å². The van der Waals surface area contributed by atoms with E-state index >= 15 is 0 Å². The third-order valence-corrected chi connectivity index (χ3v) is 7.36. The number of aromatic nitrogens is 4. The molecule has 10 heteroatoms. The van der Waals surface area contributed by atoms with Gasteiger partial charge in [-0.15, -0.1) is 0 Å². The molecule has 2 aromatic heterocycles. The Morgan fingerprint density at radius 2 is 2.00 bits per heavy atom. The molecule has 0 aliphatic carbocycles. The van der Waals surface area contributed by atoms with Crippen molar-refractivity contribution in [1.82, 2.24) is 19.6 Å². The van der Waals surface area contributed by atoms with E-state index in [0.717, 1.165) is 25.9 Å². The van der Waals surface area contributed by atoms with E-state index in [4.69, 9.17) is 44.4 Å². The van der Waals surface area contributed by atoms with E-state index in [2.05, 4.69) is 15.0 Å². The number of anilines is 2. The topological polar surface area (TPSA) is 108 Å². The van der Waals surface area contributed by atoms with E-state index in [1.54, 1.807) is 10.6 Å². The number of hydrogen-bond donors (Lipinski definition) is 2. The first-order valence-electron chi connectivity index (χ1n) is 9.97. The van der Waals surface area contributed by atoms with E-state index in [1.165, 1.54) is 6.33 Å². The molecule has 30 heavy (non-hydrogen) atoms. The zero-order valence-corrected chi connectivity index (χ0v) is 18.1. The second kappa shape index (κ2) is 7.23. The van der Waals surface area contributed by atoms with E-state index in [-0.39, 0.29) is 17.6 Å². The second-order valence-corrected chi connectivity index (χ2v) is 8.94. The number of nitrogens with zero attached hydrogens (tertiary/aromatic N) is 5. The van der Waals surface area contributed by atoms with Crippen molar-refractivity contribution < 1.29 is 4.74 Å². The van der Waals surface area contributed by atoms with E-state index < -0.39 is 0 Å². The molecule has 4 N–H and O–H groups in total. The van der Waals surface area contributed by atoms with Crippen LogP contribution in [0.15, 0.2) is 24.5 Å². The molecular formula is C20H23Cl2N7O. The predicted octanol–water partition coefficient (Wildman–Crippen LogP) is 3.01.